The minimum atomic E-state index is -0.645. The number of carbonyl (C=O) groups excluding carboxylic acids is 2. The number of hydrogen-bond donors (Lipinski definition) is 3. The van der Waals surface area contributed by atoms with Crippen LogP contribution in [0.25, 0.3) is 5.69 Å². The maximum absolute atomic E-state index is 14.0. The summed E-state index contributed by atoms with van der Waals surface area (Å²) in [5.74, 6) is -1.14. The number of tetrazole rings is 1. The number of halogens is 2. The summed E-state index contributed by atoms with van der Waals surface area (Å²) < 4.78 is 28.2. The van der Waals surface area contributed by atoms with Crippen LogP contribution in [-0.2, 0) is 11.3 Å². The van der Waals surface area contributed by atoms with Crippen LogP contribution >= 0.6 is 0 Å². The molecule has 3 amide bonds. The van der Waals surface area contributed by atoms with Crippen molar-refractivity contribution in [3.05, 3.63) is 65.5 Å². The van der Waals surface area contributed by atoms with Crippen molar-refractivity contribution in [1.82, 2.24) is 30.8 Å². The Kier molecular flexibility index (Phi) is 6.07. The molecule has 0 unspecified atom stereocenters. The Balaban J connectivity index is 1.52. The number of aromatic nitrogens is 4. The number of nitrogens with one attached hydrogen (secondary N) is 3. The van der Waals surface area contributed by atoms with Crippen molar-refractivity contribution in [2.45, 2.75) is 13.5 Å². The van der Waals surface area contributed by atoms with E-state index >= 15 is 0 Å². The highest BCUT2D eigenvalue weighted by Gasteiger charge is 2.12. The fraction of sp³-hybridized carbons (Fsp3) is 0.167. The van der Waals surface area contributed by atoms with Gasteiger partial charge in [-0.3, -0.25) is 4.79 Å². The molecule has 0 saturated carbocycles. The van der Waals surface area contributed by atoms with Crippen molar-refractivity contribution in [1.29, 1.82) is 0 Å². The van der Waals surface area contributed by atoms with E-state index in [-0.39, 0.29) is 24.6 Å². The van der Waals surface area contributed by atoms with Crippen LogP contribution in [0.1, 0.15) is 11.4 Å². The summed E-state index contributed by atoms with van der Waals surface area (Å²) in [6.07, 6.45) is 0. The molecule has 11 heteroatoms. The highest BCUT2D eigenvalue weighted by Crippen LogP contribution is 2.18. The highest BCUT2D eigenvalue weighted by molar-refractivity contribution is 5.94. The number of amides is 3. The number of hydrogen-bond acceptors (Lipinski definition) is 5. The molecular weight excluding hydrogens is 384 g/mol. The second-order valence-electron chi connectivity index (χ2n) is 6.01. The molecule has 0 aliphatic rings. The molecular formula is C18H17F2N7O2. The first-order valence-electron chi connectivity index (χ1n) is 8.53. The number of aryl methyl sites for hydroxylation is 1. The van der Waals surface area contributed by atoms with Crippen LogP contribution in [0, 0.1) is 18.6 Å². The Hall–Kier alpha value is -3.89. The molecule has 0 atom stereocenters. The lowest BCUT2D eigenvalue weighted by molar-refractivity contribution is -0.115. The van der Waals surface area contributed by atoms with Crippen LogP contribution in [0.3, 0.4) is 0 Å². The van der Waals surface area contributed by atoms with E-state index in [0.29, 0.717) is 17.1 Å². The van der Waals surface area contributed by atoms with Gasteiger partial charge in [-0.15, -0.1) is 5.10 Å². The third-order valence-corrected chi connectivity index (χ3v) is 3.87. The minimum Gasteiger partial charge on any atom is -0.334 e. The smallest absolute Gasteiger partial charge is 0.315 e. The van der Waals surface area contributed by atoms with Crippen LogP contribution in [0.4, 0.5) is 19.3 Å². The van der Waals surface area contributed by atoms with Gasteiger partial charge in [-0.1, -0.05) is 12.1 Å². The van der Waals surface area contributed by atoms with Crippen molar-refractivity contribution in [3.63, 3.8) is 0 Å². The summed E-state index contributed by atoms with van der Waals surface area (Å²) in [4.78, 5) is 23.8. The summed E-state index contributed by atoms with van der Waals surface area (Å²) in [6, 6.07) is 9.05. The lowest BCUT2D eigenvalue weighted by Crippen LogP contribution is -2.39. The third-order valence-electron chi connectivity index (χ3n) is 3.87. The molecule has 0 saturated heterocycles. The van der Waals surface area contributed by atoms with Crippen LogP contribution in [0.5, 0.6) is 0 Å². The van der Waals surface area contributed by atoms with Gasteiger partial charge in [0.2, 0.25) is 5.91 Å². The van der Waals surface area contributed by atoms with Crippen LogP contribution in [0.15, 0.2) is 42.5 Å². The van der Waals surface area contributed by atoms with E-state index in [9.17, 15) is 18.4 Å². The molecule has 3 rings (SSSR count). The van der Waals surface area contributed by atoms with Gasteiger partial charge in [0.15, 0.2) is 5.82 Å². The summed E-state index contributed by atoms with van der Waals surface area (Å²) in [5.41, 5.74) is 1.09. The monoisotopic (exact) mass is 401 g/mol. The normalized spacial score (nSPS) is 10.4. The number of urea groups is 1. The largest absolute Gasteiger partial charge is 0.334 e. The SMILES string of the molecule is Cc1nnnn1-c1ccc(F)c(NC(=O)CNC(=O)NCc2ccc(F)cc2)c1. The van der Waals surface area contributed by atoms with Gasteiger partial charge in [-0.2, -0.15) is 4.68 Å². The predicted octanol–water partition coefficient (Wildman–Crippen LogP) is 1.69. The molecule has 1 aromatic heterocycles. The Morgan fingerprint density at radius 3 is 2.52 bits per heavy atom. The zero-order valence-corrected chi connectivity index (χ0v) is 15.3. The minimum absolute atomic E-state index is 0.0732. The van der Waals surface area contributed by atoms with Gasteiger partial charge >= 0.3 is 6.03 Å². The van der Waals surface area contributed by atoms with E-state index < -0.39 is 17.8 Å². The van der Waals surface area contributed by atoms with E-state index in [1.165, 1.54) is 47.1 Å². The number of nitrogens with zero attached hydrogens (tertiary/aromatic N) is 4. The van der Waals surface area contributed by atoms with E-state index in [1.807, 2.05) is 0 Å². The average Bonchev–Trinajstić information content (AvgIpc) is 3.13. The molecule has 0 aliphatic carbocycles. The first kappa shape index (κ1) is 19.9. The Morgan fingerprint density at radius 1 is 1.07 bits per heavy atom. The molecule has 2 aromatic carbocycles. The number of anilines is 1. The highest BCUT2D eigenvalue weighted by atomic mass is 19.1. The van der Waals surface area contributed by atoms with Crippen LogP contribution in [0.2, 0.25) is 0 Å². The van der Waals surface area contributed by atoms with Crippen molar-refractivity contribution in [2.24, 2.45) is 0 Å². The number of benzene rings is 2. The van der Waals surface area contributed by atoms with Gasteiger partial charge < -0.3 is 16.0 Å². The van der Waals surface area contributed by atoms with E-state index in [2.05, 4.69) is 31.5 Å². The fourth-order valence-electron chi connectivity index (χ4n) is 2.41. The first-order valence-corrected chi connectivity index (χ1v) is 8.53. The van der Waals surface area contributed by atoms with Gasteiger partial charge in [0.1, 0.15) is 11.6 Å². The van der Waals surface area contributed by atoms with Gasteiger partial charge in [0, 0.05) is 6.54 Å². The molecule has 0 fully saturated rings. The molecule has 3 aromatic rings. The summed E-state index contributed by atoms with van der Waals surface area (Å²) in [5, 5.41) is 18.3. The Morgan fingerprint density at radius 2 is 1.83 bits per heavy atom. The molecule has 150 valence electrons. The van der Waals surface area contributed by atoms with Crippen LogP contribution in [-0.4, -0.2) is 38.7 Å². The predicted molar refractivity (Wildman–Crippen MR) is 99.1 cm³/mol. The second kappa shape index (κ2) is 8.87. The van der Waals surface area contributed by atoms with E-state index in [0.717, 1.165) is 0 Å². The number of carbonyl (C=O) groups is 2. The lowest BCUT2D eigenvalue weighted by Gasteiger charge is -2.10. The van der Waals surface area contributed by atoms with Crippen molar-refractivity contribution in [3.8, 4) is 5.69 Å². The maximum atomic E-state index is 14.0. The second-order valence-corrected chi connectivity index (χ2v) is 6.01. The molecule has 0 bridgehead atoms. The van der Waals surface area contributed by atoms with Gasteiger partial charge in [-0.05, 0) is 53.2 Å². The van der Waals surface area contributed by atoms with Crippen LogP contribution < -0.4 is 16.0 Å². The quantitative estimate of drug-likeness (QED) is 0.582. The topological polar surface area (TPSA) is 114 Å². The molecule has 29 heavy (non-hydrogen) atoms. The third kappa shape index (κ3) is 5.31. The molecule has 0 radical (unpaired) electrons. The summed E-state index contributed by atoms with van der Waals surface area (Å²) in [7, 11) is 0. The Labute approximate surface area is 164 Å². The molecule has 1 heterocycles. The lowest BCUT2D eigenvalue weighted by atomic mass is 10.2. The fourth-order valence-corrected chi connectivity index (χ4v) is 2.41. The van der Waals surface area contributed by atoms with Crippen molar-refractivity contribution < 1.29 is 18.4 Å². The van der Waals surface area contributed by atoms with Gasteiger partial charge in [-0.25, -0.2) is 13.6 Å². The average molecular weight is 401 g/mol. The summed E-state index contributed by atoms with van der Waals surface area (Å²) in [6.45, 7) is 1.47. The van der Waals surface area contributed by atoms with E-state index in [1.54, 1.807) is 6.92 Å². The summed E-state index contributed by atoms with van der Waals surface area (Å²) >= 11 is 0. The molecule has 0 aliphatic heterocycles. The molecule has 3 N–H and O–H groups in total. The number of rotatable bonds is 6. The zero-order valence-electron chi connectivity index (χ0n) is 15.3. The zero-order chi connectivity index (χ0) is 20.8. The first-order chi connectivity index (χ1) is 13.9. The van der Waals surface area contributed by atoms with Crippen molar-refractivity contribution in [2.75, 3.05) is 11.9 Å². The van der Waals surface area contributed by atoms with E-state index in [4.69, 9.17) is 0 Å². The van der Waals surface area contributed by atoms with Crippen molar-refractivity contribution >= 4 is 17.6 Å². The Bertz CT molecular complexity index is 1020. The molecule has 9 nitrogen and oxygen atoms in total. The standard InChI is InChI=1S/C18H17F2N7O2/c1-11-24-25-26-27(11)14-6-7-15(20)16(8-14)23-17(28)10-22-18(29)21-9-12-2-4-13(19)5-3-12/h2-8H,9-10H2,1H3,(H,23,28)(H2,21,22,29). The van der Waals surface area contributed by atoms with Gasteiger partial charge in [0.05, 0.1) is 17.9 Å². The van der Waals surface area contributed by atoms with Gasteiger partial charge in [0.25, 0.3) is 0 Å². The maximum Gasteiger partial charge on any atom is 0.315 e. The molecule has 0 spiro atoms.